The Morgan fingerprint density at radius 3 is 2.60 bits per heavy atom. The number of hydrogen-bond donors (Lipinski definition) is 1. The number of carbonyl (C=O) groups is 3. The van der Waals surface area contributed by atoms with E-state index >= 15 is 0 Å². The van der Waals surface area contributed by atoms with Gasteiger partial charge in [0.1, 0.15) is 5.75 Å². The number of rotatable bonds is 6. The highest BCUT2D eigenvalue weighted by Crippen LogP contribution is 2.40. The van der Waals surface area contributed by atoms with Crippen molar-refractivity contribution in [2.75, 3.05) is 13.7 Å². The first kappa shape index (κ1) is 19.6. The standard InChI is InChI=1S/C21H19N3O6/c1-11-18-15(9-16(12-3-4-12)22-20(18)30-24-11)21(27)29-10-17(25)23-19(26)13-5-7-14(28-2)8-6-13/h5-9,12H,3-4,10H2,1-2H3,(H,23,25,26). The summed E-state index contributed by atoms with van der Waals surface area (Å²) in [6.07, 6.45) is 1.99. The number of aryl methyl sites for hydroxylation is 1. The summed E-state index contributed by atoms with van der Waals surface area (Å²) in [4.78, 5) is 41.3. The zero-order valence-electron chi connectivity index (χ0n) is 16.4. The van der Waals surface area contributed by atoms with Crippen LogP contribution in [0.2, 0.25) is 0 Å². The largest absolute Gasteiger partial charge is 0.497 e. The van der Waals surface area contributed by atoms with Crippen LogP contribution in [0.1, 0.15) is 50.9 Å². The zero-order chi connectivity index (χ0) is 21.3. The number of fused-ring (bicyclic) bond motifs is 1. The highest BCUT2D eigenvalue weighted by molar-refractivity contribution is 6.07. The predicted octanol–water partition coefficient (Wildman–Crippen LogP) is 2.53. The van der Waals surface area contributed by atoms with Gasteiger partial charge in [-0.25, -0.2) is 9.78 Å². The van der Waals surface area contributed by atoms with Gasteiger partial charge in [-0.1, -0.05) is 5.16 Å². The summed E-state index contributed by atoms with van der Waals surface area (Å²) < 4.78 is 15.4. The molecule has 2 amide bonds. The van der Waals surface area contributed by atoms with Crippen LogP contribution < -0.4 is 10.1 Å². The van der Waals surface area contributed by atoms with E-state index in [1.807, 2.05) is 0 Å². The van der Waals surface area contributed by atoms with Crippen molar-refractivity contribution in [3.8, 4) is 5.75 Å². The highest BCUT2D eigenvalue weighted by Gasteiger charge is 2.29. The molecule has 3 aromatic rings. The lowest BCUT2D eigenvalue weighted by atomic mass is 10.1. The molecule has 0 radical (unpaired) electrons. The lowest BCUT2D eigenvalue weighted by Gasteiger charge is -2.08. The molecule has 30 heavy (non-hydrogen) atoms. The van der Waals surface area contributed by atoms with E-state index in [0.717, 1.165) is 18.5 Å². The summed E-state index contributed by atoms with van der Waals surface area (Å²) in [7, 11) is 1.51. The topological polar surface area (TPSA) is 121 Å². The molecule has 154 valence electrons. The number of nitrogens with zero attached hydrogens (tertiary/aromatic N) is 2. The molecule has 9 nitrogen and oxygen atoms in total. The van der Waals surface area contributed by atoms with Crippen LogP contribution in [0.4, 0.5) is 0 Å². The van der Waals surface area contributed by atoms with Crippen LogP contribution in [-0.4, -0.2) is 41.6 Å². The van der Waals surface area contributed by atoms with Crippen LogP contribution in [-0.2, 0) is 9.53 Å². The number of pyridine rings is 1. The molecule has 1 aromatic carbocycles. The number of aromatic nitrogens is 2. The van der Waals surface area contributed by atoms with Crippen LogP contribution in [0, 0.1) is 6.92 Å². The Hall–Kier alpha value is -3.75. The summed E-state index contributed by atoms with van der Waals surface area (Å²) in [6.45, 7) is 1.09. The molecule has 1 aliphatic rings. The Balaban J connectivity index is 1.42. The van der Waals surface area contributed by atoms with Crippen molar-refractivity contribution in [3.05, 3.63) is 52.8 Å². The van der Waals surface area contributed by atoms with Gasteiger partial charge >= 0.3 is 5.97 Å². The van der Waals surface area contributed by atoms with Crippen LogP contribution in [0.15, 0.2) is 34.9 Å². The monoisotopic (exact) mass is 409 g/mol. The number of esters is 1. The van der Waals surface area contributed by atoms with E-state index in [1.165, 1.54) is 19.2 Å². The summed E-state index contributed by atoms with van der Waals surface area (Å²) in [5.74, 6) is -1.17. The fourth-order valence-electron chi connectivity index (χ4n) is 3.05. The minimum Gasteiger partial charge on any atom is -0.497 e. The van der Waals surface area contributed by atoms with Gasteiger partial charge in [0.25, 0.3) is 17.5 Å². The van der Waals surface area contributed by atoms with Crippen molar-refractivity contribution in [1.29, 1.82) is 0 Å². The highest BCUT2D eigenvalue weighted by atomic mass is 16.5. The van der Waals surface area contributed by atoms with E-state index in [4.69, 9.17) is 14.0 Å². The minimum atomic E-state index is -0.737. The van der Waals surface area contributed by atoms with Gasteiger partial charge in [-0.2, -0.15) is 0 Å². The zero-order valence-corrected chi connectivity index (χ0v) is 16.4. The normalized spacial score (nSPS) is 13.1. The maximum absolute atomic E-state index is 12.6. The Bertz CT molecular complexity index is 1130. The molecule has 0 atom stereocenters. The lowest BCUT2D eigenvalue weighted by Crippen LogP contribution is -2.34. The molecule has 0 spiro atoms. The van der Waals surface area contributed by atoms with Crippen LogP contribution in [0.5, 0.6) is 5.75 Å². The average Bonchev–Trinajstić information content (AvgIpc) is 3.54. The molecule has 1 aliphatic carbocycles. The number of methoxy groups -OCH3 is 1. The van der Waals surface area contributed by atoms with Gasteiger partial charge in [-0.15, -0.1) is 0 Å². The Morgan fingerprint density at radius 1 is 1.20 bits per heavy atom. The fraction of sp³-hybridized carbons (Fsp3) is 0.286. The number of hydrogen-bond acceptors (Lipinski definition) is 8. The van der Waals surface area contributed by atoms with Gasteiger partial charge in [0, 0.05) is 17.2 Å². The quantitative estimate of drug-likeness (QED) is 0.617. The van der Waals surface area contributed by atoms with Crippen molar-refractivity contribution >= 4 is 28.9 Å². The molecule has 2 aromatic heterocycles. The number of imide groups is 1. The average molecular weight is 409 g/mol. The number of benzene rings is 1. The van der Waals surface area contributed by atoms with Crippen molar-refractivity contribution in [1.82, 2.24) is 15.5 Å². The van der Waals surface area contributed by atoms with Crippen LogP contribution in [0.3, 0.4) is 0 Å². The van der Waals surface area contributed by atoms with Crippen molar-refractivity contribution < 1.29 is 28.4 Å². The number of nitrogens with one attached hydrogen (secondary N) is 1. The second-order valence-electron chi connectivity index (χ2n) is 7.00. The minimum absolute atomic E-state index is 0.245. The predicted molar refractivity (Wildman–Crippen MR) is 104 cm³/mol. The first-order valence-corrected chi connectivity index (χ1v) is 9.38. The summed E-state index contributed by atoms with van der Waals surface area (Å²) in [6, 6.07) is 7.91. The van der Waals surface area contributed by atoms with E-state index in [9.17, 15) is 14.4 Å². The SMILES string of the molecule is COc1ccc(C(=O)NC(=O)COC(=O)c2cc(C3CC3)nc3onc(C)c23)cc1. The van der Waals surface area contributed by atoms with Gasteiger partial charge in [0.15, 0.2) is 6.61 Å². The second kappa shape index (κ2) is 7.94. The molecular formula is C21H19N3O6. The third-order valence-corrected chi connectivity index (χ3v) is 4.79. The van der Waals surface area contributed by atoms with Gasteiger partial charge in [0.2, 0.25) is 0 Å². The summed E-state index contributed by atoms with van der Waals surface area (Å²) >= 11 is 0. The first-order chi connectivity index (χ1) is 14.5. The maximum atomic E-state index is 12.6. The number of carbonyl (C=O) groups excluding carboxylic acids is 3. The van der Waals surface area contributed by atoms with E-state index in [0.29, 0.717) is 16.8 Å². The van der Waals surface area contributed by atoms with Gasteiger partial charge in [0.05, 0.1) is 23.8 Å². The summed E-state index contributed by atoms with van der Waals surface area (Å²) in [5.41, 5.74) is 2.04. The molecule has 0 unspecified atom stereocenters. The van der Waals surface area contributed by atoms with Gasteiger partial charge in [-0.05, 0) is 50.1 Å². The van der Waals surface area contributed by atoms with Crippen molar-refractivity contribution in [3.63, 3.8) is 0 Å². The third-order valence-electron chi connectivity index (χ3n) is 4.79. The molecular weight excluding hydrogens is 390 g/mol. The van der Waals surface area contributed by atoms with Crippen LogP contribution in [0.25, 0.3) is 11.1 Å². The maximum Gasteiger partial charge on any atom is 0.339 e. The van der Waals surface area contributed by atoms with Crippen molar-refractivity contribution in [2.24, 2.45) is 0 Å². The number of amides is 2. The Labute approximate surface area is 171 Å². The third kappa shape index (κ3) is 4.00. The molecule has 0 saturated heterocycles. The van der Waals surface area contributed by atoms with Crippen LogP contribution >= 0.6 is 0 Å². The second-order valence-corrected chi connectivity index (χ2v) is 7.00. The molecule has 2 heterocycles. The van der Waals surface area contributed by atoms with E-state index in [2.05, 4.69) is 15.5 Å². The summed E-state index contributed by atoms with van der Waals surface area (Å²) in [5, 5.41) is 6.50. The molecule has 0 aliphatic heterocycles. The van der Waals surface area contributed by atoms with Gasteiger partial charge in [-0.3, -0.25) is 14.9 Å². The van der Waals surface area contributed by atoms with E-state index in [1.54, 1.807) is 25.1 Å². The smallest absolute Gasteiger partial charge is 0.339 e. The van der Waals surface area contributed by atoms with Crippen molar-refractivity contribution in [2.45, 2.75) is 25.7 Å². The van der Waals surface area contributed by atoms with Gasteiger partial charge < -0.3 is 14.0 Å². The fourth-order valence-corrected chi connectivity index (χ4v) is 3.05. The molecule has 1 fully saturated rings. The van der Waals surface area contributed by atoms with E-state index < -0.39 is 24.4 Å². The molecule has 1 saturated carbocycles. The molecule has 1 N–H and O–H groups in total. The Morgan fingerprint density at radius 2 is 1.93 bits per heavy atom. The lowest BCUT2D eigenvalue weighted by molar-refractivity contribution is -0.123. The van der Waals surface area contributed by atoms with E-state index in [-0.39, 0.29) is 22.8 Å². The Kier molecular flexibility index (Phi) is 5.18. The molecule has 9 heteroatoms. The molecule has 4 rings (SSSR count). The molecule has 0 bridgehead atoms. The number of ether oxygens (including phenoxy) is 2. The first-order valence-electron chi connectivity index (χ1n) is 9.38.